The third kappa shape index (κ3) is 4.45. The Hall–Kier alpha value is -4.16. The third-order valence-electron chi connectivity index (χ3n) is 4.46. The number of alkyl halides is 3. The van der Waals surface area contributed by atoms with Crippen LogP contribution in [0.5, 0.6) is 5.75 Å². The normalized spacial score (nSPS) is 11.5. The molecule has 0 aliphatic carbocycles. The number of carbonyl (C=O) groups is 1. The van der Waals surface area contributed by atoms with E-state index < -0.39 is 18.6 Å². The molecule has 0 atom stereocenters. The number of rotatable bonds is 6. The Morgan fingerprint density at radius 2 is 2.06 bits per heavy atom. The predicted octanol–water partition coefficient (Wildman–Crippen LogP) is 2.80. The summed E-state index contributed by atoms with van der Waals surface area (Å²) < 4.78 is 43.8. The number of fused-ring (bicyclic) bond motifs is 1. The molecule has 0 unspecified atom stereocenters. The number of H-pyrrole nitrogens is 1. The molecule has 4 aromatic rings. The zero-order valence-corrected chi connectivity index (χ0v) is 16.9. The monoisotopic (exact) mass is 446 g/mol. The Morgan fingerprint density at radius 3 is 2.81 bits per heavy atom. The summed E-state index contributed by atoms with van der Waals surface area (Å²) in [6.45, 7) is -1.44. The van der Waals surface area contributed by atoms with Crippen LogP contribution in [0.15, 0.2) is 36.7 Å². The van der Waals surface area contributed by atoms with Crippen molar-refractivity contribution in [2.24, 2.45) is 7.05 Å². The second-order valence-electron chi connectivity index (χ2n) is 6.75. The van der Waals surface area contributed by atoms with Gasteiger partial charge in [-0.25, -0.2) is 9.67 Å². The zero-order valence-electron chi connectivity index (χ0n) is 16.9. The van der Waals surface area contributed by atoms with Crippen LogP contribution in [0.2, 0.25) is 0 Å². The van der Waals surface area contributed by atoms with Crippen molar-refractivity contribution in [3.05, 3.63) is 42.2 Å². The maximum Gasteiger partial charge on any atom is 0.405 e. The Bertz CT molecular complexity index is 1280. The van der Waals surface area contributed by atoms with Gasteiger partial charge in [-0.2, -0.15) is 23.3 Å². The van der Waals surface area contributed by atoms with Gasteiger partial charge < -0.3 is 15.4 Å². The molecular weight excluding hydrogens is 429 g/mol. The molecular formula is C19H17F3N8O2. The fourth-order valence-corrected chi connectivity index (χ4v) is 2.94. The van der Waals surface area contributed by atoms with Crippen molar-refractivity contribution in [1.29, 1.82) is 0 Å². The van der Waals surface area contributed by atoms with Crippen LogP contribution in [0, 0.1) is 0 Å². The van der Waals surface area contributed by atoms with Crippen molar-refractivity contribution in [3.63, 3.8) is 0 Å². The third-order valence-corrected chi connectivity index (χ3v) is 4.46. The molecule has 1 amide bonds. The number of benzene rings is 1. The number of hydrogen-bond donors (Lipinski definition) is 3. The average Bonchev–Trinajstić information content (AvgIpc) is 3.37. The van der Waals surface area contributed by atoms with Gasteiger partial charge in [0.25, 0.3) is 5.91 Å². The quantitative estimate of drug-likeness (QED) is 0.416. The smallest absolute Gasteiger partial charge is 0.405 e. The molecule has 166 valence electrons. The van der Waals surface area contributed by atoms with Crippen molar-refractivity contribution in [3.8, 4) is 17.1 Å². The van der Waals surface area contributed by atoms with Gasteiger partial charge in [0.1, 0.15) is 12.3 Å². The van der Waals surface area contributed by atoms with Crippen molar-refractivity contribution in [2.75, 3.05) is 19.0 Å². The van der Waals surface area contributed by atoms with Crippen molar-refractivity contribution >= 4 is 28.6 Å². The summed E-state index contributed by atoms with van der Waals surface area (Å²) in [5.74, 6) is -0.0496. The van der Waals surface area contributed by atoms with E-state index in [1.807, 2.05) is 11.4 Å². The molecule has 0 saturated heterocycles. The fraction of sp³-hybridized carbons (Fsp3) is 0.211. The molecule has 4 rings (SSSR count). The molecule has 0 radical (unpaired) electrons. The SMILES string of the molecule is COc1cc(-c2nc(Nc3cnc4[nH]ncc4c3)n(C)n2)ccc1C(=O)NCC(F)(F)F. The molecule has 0 saturated carbocycles. The maximum atomic E-state index is 12.4. The molecule has 3 N–H and O–H groups in total. The number of aryl methyl sites for hydroxylation is 1. The van der Waals surface area contributed by atoms with Crippen molar-refractivity contribution in [1.82, 2.24) is 35.3 Å². The van der Waals surface area contributed by atoms with Gasteiger partial charge in [-0.05, 0) is 18.2 Å². The maximum absolute atomic E-state index is 12.4. The number of amides is 1. The topological polar surface area (TPSA) is 123 Å². The number of halogens is 3. The molecule has 3 heterocycles. The van der Waals surface area contributed by atoms with Crippen LogP contribution in [0.3, 0.4) is 0 Å². The van der Waals surface area contributed by atoms with Gasteiger partial charge in [0, 0.05) is 18.0 Å². The van der Waals surface area contributed by atoms with Crippen LogP contribution in [0.1, 0.15) is 10.4 Å². The van der Waals surface area contributed by atoms with E-state index in [0.29, 0.717) is 28.7 Å². The highest BCUT2D eigenvalue weighted by molar-refractivity contribution is 5.97. The fourth-order valence-electron chi connectivity index (χ4n) is 2.94. The van der Waals surface area contributed by atoms with Gasteiger partial charge in [-0.3, -0.25) is 9.89 Å². The van der Waals surface area contributed by atoms with E-state index >= 15 is 0 Å². The lowest BCUT2D eigenvalue weighted by atomic mass is 10.1. The van der Waals surface area contributed by atoms with Crippen LogP contribution >= 0.6 is 0 Å². The number of carbonyl (C=O) groups excluding carboxylic acids is 1. The minimum Gasteiger partial charge on any atom is -0.496 e. The molecule has 3 aromatic heterocycles. The second-order valence-corrected chi connectivity index (χ2v) is 6.75. The van der Waals surface area contributed by atoms with E-state index in [9.17, 15) is 18.0 Å². The number of nitrogens with one attached hydrogen (secondary N) is 3. The number of hydrogen-bond acceptors (Lipinski definition) is 7. The van der Waals surface area contributed by atoms with Crippen LogP contribution in [-0.4, -0.2) is 55.7 Å². The van der Waals surface area contributed by atoms with E-state index in [-0.39, 0.29) is 11.3 Å². The number of aromatic nitrogens is 6. The van der Waals surface area contributed by atoms with Gasteiger partial charge in [-0.1, -0.05) is 6.07 Å². The first-order chi connectivity index (χ1) is 15.2. The summed E-state index contributed by atoms with van der Waals surface area (Å²) in [6.07, 6.45) is -1.25. The molecule has 32 heavy (non-hydrogen) atoms. The van der Waals surface area contributed by atoms with E-state index in [4.69, 9.17) is 4.74 Å². The van der Waals surface area contributed by atoms with Crippen molar-refractivity contribution < 1.29 is 22.7 Å². The molecule has 0 aliphatic rings. The number of pyridine rings is 1. The first-order valence-corrected chi connectivity index (χ1v) is 9.24. The lowest BCUT2D eigenvalue weighted by Crippen LogP contribution is -2.33. The van der Waals surface area contributed by atoms with Crippen LogP contribution in [0.25, 0.3) is 22.4 Å². The highest BCUT2D eigenvalue weighted by Crippen LogP contribution is 2.27. The zero-order chi connectivity index (χ0) is 22.9. The molecule has 0 aliphatic heterocycles. The Labute approximate surface area is 178 Å². The van der Waals surface area contributed by atoms with Crippen LogP contribution < -0.4 is 15.4 Å². The highest BCUT2D eigenvalue weighted by atomic mass is 19.4. The standard InChI is InChI=1S/C19H17F3N8O2/c1-30-18(26-12-5-11-7-25-28-15(11)23-8-12)27-16(29-30)10-3-4-13(14(6-10)32-2)17(31)24-9-19(20,21)22/h3-8H,9H2,1-2H3,(H,24,31)(H,23,25,28)(H,26,27,29). The summed E-state index contributed by atoms with van der Waals surface area (Å²) in [5, 5.41) is 16.8. The van der Waals surface area contributed by atoms with E-state index in [0.717, 1.165) is 5.39 Å². The molecule has 10 nitrogen and oxygen atoms in total. The number of nitrogens with zero attached hydrogens (tertiary/aromatic N) is 5. The highest BCUT2D eigenvalue weighted by Gasteiger charge is 2.28. The lowest BCUT2D eigenvalue weighted by Gasteiger charge is -2.11. The number of anilines is 2. The van der Waals surface area contributed by atoms with Crippen molar-refractivity contribution in [2.45, 2.75) is 6.18 Å². The summed E-state index contributed by atoms with van der Waals surface area (Å²) in [6, 6.07) is 6.22. The van der Waals surface area contributed by atoms with Gasteiger partial charge in [0.05, 0.1) is 30.8 Å². The molecule has 13 heteroatoms. The van der Waals surface area contributed by atoms with Gasteiger partial charge in [0.15, 0.2) is 11.5 Å². The molecule has 0 spiro atoms. The predicted molar refractivity (Wildman–Crippen MR) is 109 cm³/mol. The second kappa shape index (κ2) is 8.17. The van der Waals surface area contributed by atoms with Gasteiger partial charge in [-0.15, -0.1) is 5.10 Å². The number of ether oxygens (including phenoxy) is 1. The number of aromatic amines is 1. The Kier molecular flexibility index (Phi) is 5.38. The first-order valence-electron chi connectivity index (χ1n) is 9.24. The minimum absolute atomic E-state index is 0.0331. The average molecular weight is 446 g/mol. The Morgan fingerprint density at radius 1 is 1.25 bits per heavy atom. The van der Waals surface area contributed by atoms with Gasteiger partial charge in [0.2, 0.25) is 5.95 Å². The van der Waals surface area contributed by atoms with Gasteiger partial charge >= 0.3 is 6.18 Å². The van der Waals surface area contributed by atoms with E-state index in [2.05, 4.69) is 30.6 Å². The summed E-state index contributed by atoms with van der Waals surface area (Å²) in [4.78, 5) is 20.8. The van der Waals surface area contributed by atoms with Crippen LogP contribution in [0.4, 0.5) is 24.8 Å². The summed E-state index contributed by atoms with van der Waals surface area (Å²) >= 11 is 0. The minimum atomic E-state index is -4.51. The molecule has 1 aromatic carbocycles. The van der Waals surface area contributed by atoms with Crippen LogP contribution in [-0.2, 0) is 7.05 Å². The molecule has 0 bridgehead atoms. The van der Waals surface area contributed by atoms with E-state index in [1.54, 1.807) is 19.4 Å². The van der Waals surface area contributed by atoms with E-state index in [1.165, 1.54) is 30.0 Å². The largest absolute Gasteiger partial charge is 0.496 e. The lowest BCUT2D eigenvalue weighted by molar-refractivity contribution is -0.123. The Balaban J connectivity index is 1.56. The summed E-state index contributed by atoms with van der Waals surface area (Å²) in [5.41, 5.74) is 1.81. The molecule has 0 fully saturated rings. The summed E-state index contributed by atoms with van der Waals surface area (Å²) in [7, 11) is 3.01. The number of methoxy groups -OCH3 is 1. The first kappa shape index (κ1) is 21.1.